The number of nitrogens with two attached hydrogens (primary N) is 1. The summed E-state index contributed by atoms with van der Waals surface area (Å²) in [7, 11) is 4.53. The Morgan fingerprint density at radius 1 is 1.27 bits per heavy atom. The molecule has 3 heteroatoms. The average Bonchev–Trinajstić information content (AvgIpc) is 2.22. The summed E-state index contributed by atoms with van der Waals surface area (Å²) in [6.07, 6.45) is 6.23. The van der Waals surface area contributed by atoms with Gasteiger partial charge in [0.05, 0.1) is 33.6 Å². The van der Waals surface area contributed by atoms with Crippen molar-refractivity contribution in [1.29, 1.82) is 0 Å². The lowest BCUT2D eigenvalue weighted by Gasteiger charge is -2.29. The van der Waals surface area contributed by atoms with E-state index in [0.29, 0.717) is 0 Å². The van der Waals surface area contributed by atoms with E-state index >= 15 is 0 Å². The van der Waals surface area contributed by atoms with Crippen molar-refractivity contribution in [3.05, 3.63) is 12.8 Å². The van der Waals surface area contributed by atoms with Crippen LogP contribution in [-0.4, -0.2) is 55.5 Å². The maximum absolute atomic E-state index is 5.52. The van der Waals surface area contributed by atoms with E-state index in [1.807, 2.05) is 13.1 Å². The molecule has 0 heterocycles. The van der Waals surface area contributed by atoms with Gasteiger partial charge >= 0.3 is 0 Å². The van der Waals surface area contributed by atoms with Crippen LogP contribution in [0.3, 0.4) is 0 Å². The fourth-order valence-corrected chi connectivity index (χ4v) is 1.64. The normalized spacial score (nSPS) is 12.9. The summed E-state index contributed by atoms with van der Waals surface area (Å²) in [6, 6.07) is 0. The van der Waals surface area contributed by atoms with Gasteiger partial charge < -0.3 is 10.2 Å². The predicted molar refractivity (Wildman–Crippen MR) is 67.2 cm³/mol. The second-order valence-electron chi connectivity index (χ2n) is 4.56. The fraction of sp³-hybridized carbons (Fsp3) is 0.750. The molecule has 0 radical (unpaired) electrons. The maximum atomic E-state index is 5.52. The maximum Gasteiger partial charge on any atom is 0.161 e. The van der Waals surface area contributed by atoms with Crippen molar-refractivity contribution in [3.8, 4) is 0 Å². The molecule has 0 aromatic carbocycles. The predicted octanol–water partition coefficient (Wildman–Crippen LogP) is 1.05. The molecule has 0 unspecified atom stereocenters. The summed E-state index contributed by atoms with van der Waals surface area (Å²) in [4.78, 5) is 0. The molecule has 0 saturated heterocycles. The number of hydrogen-bond acceptors (Lipinski definition) is 1. The Bertz CT molecular complexity index is 207. The Kier molecular flexibility index (Phi) is 7.26. The highest BCUT2D eigenvalue weighted by molar-refractivity contribution is 5.47. The molecule has 2 N–H and O–H groups in total. The van der Waals surface area contributed by atoms with E-state index in [4.69, 9.17) is 5.73 Å². The van der Waals surface area contributed by atoms with E-state index in [1.165, 1.54) is 19.5 Å². The smallest absolute Gasteiger partial charge is 0.161 e. The van der Waals surface area contributed by atoms with Gasteiger partial charge in [0.2, 0.25) is 0 Å². The zero-order valence-electron chi connectivity index (χ0n) is 10.6. The van der Waals surface area contributed by atoms with Gasteiger partial charge in [0, 0.05) is 13.3 Å². The van der Waals surface area contributed by atoms with Crippen LogP contribution in [0.2, 0.25) is 0 Å². The lowest BCUT2D eigenvalue weighted by Crippen LogP contribution is -2.42. The minimum atomic E-state index is 0.795. The van der Waals surface area contributed by atoms with Crippen LogP contribution >= 0.6 is 0 Å². The molecular formula is C12H27N3+2. The monoisotopic (exact) mass is 213 g/mol. The van der Waals surface area contributed by atoms with Gasteiger partial charge in [-0.25, -0.2) is 4.58 Å². The standard InChI is InChI=1S/C12H27N3/c1-5-14(6-2)10-8-12-15(3,4)11-7-9-13/h5-6H,1,7-13H2,2-4H3/q+2. The van der Waals surface area contributed by atoms with Crippen LogP contribution in [0.15, 0.2) is 12.8 Å². The number of hydrogen-bond donors (Lipinski definition) is 1. The zero-order valence-corrected chi connectivity index (χ0v) is 10.6. The molecule has 0 fully saturated rings. The average molecular weight is 213 g/mol. The molecule has 0 saturated carbocycles. The molecule has 0 aromatic rings. The summed E-state index contributed by atoms with van der Waals surface area (Å²) in [5.74, 6) is 0. The third kappa shape index (κ3) is 7.28. The largest absolute Gasteiger partial charge is 0.330 e. The third-order valence-corrected chi connectivity index (χ3v) is 2.71. The first-order valence-corrected chi connectivity index (χ1v) is 5.75. The van der Waals surface area contributed by atoms with E-state index in [9.17, 15) is 0 Å². The van der Waals surface area contributed by atoms with Gasteiger partial charge in [-0.2, -0.15) is 0 Å². The molecule has 0 amide bonds. The first kappa shape index (κ1) is 14.3. The summed E-state index contributed by atoms with van der Waals surface area (Å²) in [6.45, 7) is 10.0. The Labute approximate surface area is 94.5 Å². The topological polar surface area (TPSA) is 29.0 Å². The molecule has 88 valence electrons. The number of nitrogens with zero attached hydrogens (tertiary/aromatic N) is 2. The van der Waals surface area contributed by atoms with E-state index in [2.05, 4.69) is 31.5 Å². The van der Waals surface area contributed by atoms with Crippen LogP contribution in [0, 0.1) is 0 Å². The Morgan fingerprint density at radius 2 is 1.87 bits per heavy atom. The van der Waals surface area contributed by atoms with Gasteiger partial charge in [0.15, 0.2) is 12.7 Å². The zero-order chi connectivity index (χ0) is 11.7. The summed E-state index contributed by atoms with van der Waals surface area (Å²) in [5, 5.41) is 0. The van der Waals surface area contributed by atoms with Gasteiger partial charge in [0.25, 0.3) is 0 Å². The van der Waals surface area contributed by atoms with Crippen molar-refractivity contribution in [2.24, 2.45) is 5.73 Å². The lowest BCUT2D eigenvalue weighted by molar-refractivity contribution is -0.891. The summed E-state index contributed by atoms with van der Waals surface area (Å²) >= 11 is 0. The molecule has 0 bridgehead atoms. The molecule has 0 spiro atoms. The van der Waals surface area contributed by atoms with Crippen molar-refractivity contribution < 1.29 is 9.06 Å². The Balaban J connectivity index is 3.78. The molecule has 0 aromatic heterocycles. The molecule has 3 nitrogen and oxygen atoms in total. The highest BCUT2D eigenvalue weighted by Gasteiger charge is 2.14. The van der Waals surface area contributed by atoms with E-state index < -0.39 is 0 Å². The second kappa shape index (κ2) is 7.60. The Hall–Kier alpha value is -0.670. The third-order valence-electron chi connectivity index (χ3n) is 2.71. The Morgan fingerprint density at radius 3 is 2.33 bits per heavy atom. The van der Waals surface area contributed by atoms with Crippen molar-refractivity contribution in [2.45, 2.75) is 19.8 Å². The van der Waals surface area contributed by atoms with Gasteiger partial charge in [-0.1, -0.05) is 0 Å². The van der Waals surface area contributed by atoms with E-state index in [0.717, 1.165) is 24.0 Å². The van der Waals surface area contributed by atoms with Crippen LogP contribution in [0.25, 0.3) is 0 Å². The first-order valence-electron chi connectivity index (χ1n) is 5.75. The number of quaternary nitrogens is 1. The van der Waals surface area contributed by atoms with Crippen molar-refractivity contribution >= 4 is 6.21 Å². The van der Waals surface area contributed by atoms with Crippen molar-refractivity contribution in [1.82, 2.24) is 0 Å². The van der Waals surface area contributed by atoms with Gasteiger partial charge in [-0.15, -0.1) is 0 Å². The SMILES string of the molecule is C=C[N+](=CC)CCC[N+](C)(C)CCCN. The fourth-order valence-electron chi connectivity index (χ4n) is 1.64. The van der Waals surface area contributed by atoms with Crippen molar-refractivity contribution in [3.63, 3.8) is 0 Å². The molecule has 0 aliphatic rings. The first-order chi connectivity index (χ1) is 7.05. The highest BCUT2D eigenvalue weighted by Crippen LogP contribution is 2.01. The van der Waals surface area contributed by atoms with Crippen LogP contribution in [-0.2, 0) is 0 Å². The summed E-state index contributed by atoms with van der Waals surface area (Å²) < 4.78 is 3.19. The molecule has 0 aliphatic carbocycles. The van der Waals surface area contributed by atoms with Gasteiger partial charge in [-0.3, -0.25) is 0 Å². The van der Waals surface area contributed by atoms with Crippen LogP contribution < -0.4 is 5.73 Å². The minimum Gasteiger partial charge on any atom is -0.330 e. The summed E-state index contributed by atoms with van der Waals surface area (Å²) in [5.41, 5.74) is 5.52. The van der Waals surface area contributed by atoms with Crippen molar-refractivity contribution in [2.75, 3.05) is 40.3 Å². The number of rotatable bonds is 8. The van der Waals surface area contributed by atoms with E-state index in [-0.39, 0.29) is 0 Å². The van der Waals surface area contributed by atoms with Crippen LogP contribution in [0.1, 0.15) is 19.8 Å². The molecular weight excluding hydrogens is 186 g/mol. The second-order valence-corrected chi connectivity index (χ2v) is 4.56. The molecule has 0 aliphatic heterocycles. The van der Waals surface area contributed by atoms with E-state index in [1.54, 1.807) is 0 Å². The van der Waals surface area contributed by atoms with Crippen LogP contribution in [0.4, 0.5) is 0 Å². The van der Waals surface area contributed by atoms with Crippen LogP contribution in [0.5, 0.6) is 0 Å². The van der Waals surface area contributed by atoms with Gasteiger partial charge in [0.1, 0.15) is 6.21 Å². The minimum absolute atomic E-state index is 0.795. The van der Waals surface area contributed by atoms with Gasteiger partial charge in [-0.05, 0) is 13.1 Å². The molecule has 15 heavy (non-hydrogen) atoms. The molecule has 0 atom stereocenters. The lowest BCUT2D eigenvalue weighted by atomic mass is 10.3. The highest BCUT2D eigenvalue weighted by atomic mass is 15.3. The molecule has 0 rings (SSSR count). The quantitative estimate of drug-likeness (QED) is 0.364.